The Hall–Kier alpha value is -4.91. The van der Waals surface area contributed by atoms with Crippen LogP contribution >= 0.6 is 0 Å². The van der Waals surface area contributed by atoms with Crippen LogP contribution in [0.4, 0.5) is 16.2 Å². The first-order chi connectivity index (χ1) is 20.4. The van der Waals surface area contributed by atoms with Gasteiger partial charge in [0.25, 0.3) is 17.6 Å². The number of esters is 1. The van der Waals surface area contributed by atoms with E-state index in [1.54, 1.807) is 48.5 Å². The summed E-state index contributed by atoms with van der Waals surface area (Å²) in [6.07, 6.45) is -3.60. The lowest BCUT2D eigenvalue weighted by Crippen LogP contribution is -2.55. The summed E-state index contributed by atoms with van der Waals surface area (Å²) in [7, 11) is 0. The molecule has 12 heteroatoms. The molecule has 2 N–H and O–H groups in total. The number of benzene rings is 3. The van der Waals surface area contributed by atoms with E-state index in [1.807, 2.05) is 30.3 Å². The standard InChI is InChI=1S/C30H26N4O8/c35-24(27(36)31-22-10-6-20(7-11-22)26-32-42-30(39)34(26)15-16-34)25-28(37)33(14-17-40-25)23-12-8-21(9-13-23)29(38)41-18-19-4-2-1-3-5-19/h1-13,24-25,35H,14-18H2/p+1. The second-order valence-corrected chi connectivity index (χ2v) is 10.1. The van der Waals surface area contributed by atoms with Gasteiger partial charge in [0.2, 0.25) is 0 Å². The average Bonchev–Trinajstić information content (AvgIpc) is 3.76. The number of amides is 3. The highest BCUT2D eigenvalue weighted by Crippen LogP contribution is 2.33. The first-order valence-electron chi connectivity index (χ1n) is 13.4. The van der Waals surface area contributed by atoms with Gasteiger partial charge in [-0.1, -0.05) is 30.3 Å². The first-order valence-corrected chi connectivity index (χ1v) is 13.4. The Morgan fingerprint density at radius 1 is 1.02 bits per heavy atom. The van der Waals surface area contributed by atoms with Crippen molar-refractivity contribution < 1.29 is 43.1 Å². The fourth-order valence-electron chi connectivity index (χ4n) is 4.85. The predicted molar refractivity (Wildman–Crippen MR) is 148 cm³/mol. The van der Waals surface area contributed by atoms with E-state index in [2.05, 4.69) is 10.5 Å². The van der Waals surface area contributed by atoms with Crippen LogP contribution in [0.3, 0.4) is 0 Å². The van der Waals surface area contributed by atoms with Crippen molar-refractivity contribution in [3.05, 3.63) is 95.6 Å². The average molecular weight is 572 g/mol. The molecule has 42 heavy (non-hydrogen) atoms. The second-order valence-electron chi connectivity index (χ2n) is 10.1. The summed E-state index contributed by atoms with van der Waals surface area (Å²) in [4.78, 5) is 56.6. The van der Waals surface area contributed by atoms with Crippen molar-refractivity contribution in [1.29, 1.82) is 0 Å². The Kier molecular flexibility index (Phi) is 7.25. The number of nitrogens with zero attached hydrogens (tertiary/aromatic N) is 3. The Labute approximate surface area is 240 Å². The zero-order valence-electron chi connectivity index (χ0n) is 22.3. The minimum Gasteiger partial charge on any atom is -0.457 e. The van der Waals surface area contributed by atoms with Crippen molar-refractivity contribution in [2.75, 3.05) is 36.5 Å². The number of ether oxygens (including phenoxy) is 2. The van der Waals surface area contributed by atoms with Crippen molar-refractivity contribution in [3.8, 4) is 0 Å². The van der Waals surface area contributed by atoms with Gasteiger partial charge in [-0.3, -0.25) is 14.4 Å². The third-order valence-corrected chi connectivity index (χ3v) is 7.35. The number of nitrogens with one attached hydrogen (secondary N) is 1. The maximum atomic E-state index is 13.2. The quantitative estimate of drug-likeness (QED) is 0.182. The van der Waals surface area contributed by atoms with E-state index in [-0.39, 0.29) is 24.2 Å². The van der Waals surface area contributed by atoms with E-state index < -0.39 is 36.1 Å². The van der Waals surface area contributed by atoms with Crippen LogP contribution in [0, 0.1) is 0 Å². The molecule has 0 aromatic heterocycles. The van der Waals surface area contributed by atoms with Gasteiger partial charge in [-0.25, -0.2) is 4.79 Å². The van der Waals surface area contributed by atoms with E-state index in [4.69, 9.17) is 14.3 Å². The number of quaternary nitrogens is 1. The van der Waals surface area contributed by atoms with Crippen molar-refractivity contribution >= 4 is 41.1 Å². The third-order valence-electron chi connectivity index (χ3n) is 7.35. The zero-order valence-corrected chi connectivity index (χ0v) is 22.3. The predicted octanol–water partition coefficient (Wildman–Crippen LogP) is 2.42. The Morgan fingerprint density at radius 3 is 2.43 bits per heavy atom. The molecule has 3 aromatic carbocycles. The van der Waals surface area contributed by atoms with E-state index in [1.165, 1.54) is 4.90 Å². The minimum absolute atomic E-state index is 0.0587. The smallest absolute Gasteiger partial charge is 0.457 e. The number of amidine groups is 1. The highest BCUT2D eigenvalue weighted by molar-refractivity contribution is 6.05. The van der Waals surface area contributed by atoms with Gasteiger partial charge in [0, 0.05) is 17.9 Å². The topological polar surface area (TPSA) is 144 Å². The molecule has 3 aliphatic rings. The largest absolute Gasteiger partial charge is 0.549 e. The molecule has 2 atom stereocenters. The molecule has 3 aromatic rings. The SMILES string of the molecule is O=C(OCc1ccccc1)c1ccc(N2CCOC(C(O)C(=O)Nc3ccc(C4=NOC(=O)[N+]45CC5)cc3)C2=O)cc1. The molecule has 3 amide bonds. The van der Waals surface area contributed by atoms with E-state index in [9.17, 15) is 24.3 Å². The number of aliphatic hydroxyl groups excluding tert-OH is 1. The number of oxime groups is 1. The van der Waals surface area contributed by atoms with Gasteiger partial charge in [0.15, 0.2) is 12.2 Å². The second kappa shape index (κ2) is 11.2. The molecular weight excluding hydrogens is 544 g/mol. The number of hydrogen-bond acceptors (Lipinski definition) is 9. The number of rotatable bonds is 8. The molecule has 0 radical (unpaired) electrons. The number of carbonyl (C=O) groups is 4. The Morgan fingerprint density at radius 2 is 1.74 bits per heavy atom. The van der Waals surface area contributed by atoms with Crippen LogP contribution in [0.1, 0.15) is 21.5 Å². The lowest BCUT2D eigenvalue weighted by atomic mass is 10.1. The summed E-state index contributed by atoms with van der Waals surface area (Å²) in [5.74, 6) is -1.39. The molecule has 0 bridgehead atoms. The van der Waals surface area contributed by atoms with Crippen molar-refractivity contribution in [1.82, 2.24) is 0 Å². The number of morpholine rings is 1. The Balaban J connectivity index is 1.06. The molecular formula is C30H27N4O8+. The summed E-state index contributed by atoms with van der Waals surface area (Å²) in [6, 6.07) is 22.2. The van der Waals surface area contributed by atoms with Crippen molar-refractivity contribution in [3.63, 3.8) is 0 Å². The van der Waals surface area contributed by atoms with Crippen LogP contribution in [0.25, 0.3) is 0 Å². The van der Waals surface area contributed by atoms with E-state index in [0.717, 1.165) is 5.56 Å². The van der Waals surface area contributed by atoms with Gasteiger partial charge in [-0.2, -0.15) is 9.28 Å². The molecule has 2 saturated heterocycles. The molecule has 2 fully saturated rings. The molecule has 0 aliphatic carbocycles. The maximum Gasteiger partial charge on any atom is 0.549 e. The van der Waals surface area contributed by atoms with Gasteiger partial charge in [-0.05, 0) is 59.3 Å². The van der Waals surface area contributed by atoms with E-state index in [0.29, 0.717) is 41.4 Å². The monoisotopic (exact) mass is 571 g/mol. The van der Waals surface area contributed by atoms with Crippen LogP contribution in [0.5, 0.6) is 0 Å². The van der Waals surface area contributed by atoms with Gasteiger partial charge < -0.3 is 24.8 Å². The molecule has 3 aliphatic heterocycles. The lowest BCUT2D eigenvalue weighted by Gasteiger charge is -2.34. The van der Waals surface area contributed by atoms with Gasteiger partial charge in [-0.15, -0.1) is 0 Å². The fourth-order valence-corrected chi connectivity index (χ4v) is 4.85. The highest BCUT2D eigenvalue weighted by atomic mass is 16.7. The molecule has 0 saturated carbocycles. The van der Waals surface area contributed by atoms with Crippen LogP contribution < -0.4 is 10.2 Å². The van der Waals surface area contributed by atoms with Crippen molar-refractivity contribution in [2.24, 2.45) is 5.16 Å². The van der Waals surface area contributed by atoms with Crippen LogP contribution in [-0.2, 0) is 30.5 Å². The Bertz CT molecular complexity index is 1550. The third kappa shape index (κ3) is 5.26. The zero-order chi connectivity index (χ0) is 29.3. The molecule has 214 valence electrons. The fraction of sp³-hybridized carbons (Fsp3) is 0.233. The summed E-state index contributed by atoms with van der Waals surface area (Å²) >= 11 is 0. The molecule has 6 rings (SSSR count). The van der Waals surface area contributed by atoms with Crippen LogP contribution in [0.15, 0.2) is 84.0 Å². The number of anilines is 2. The highest BCUT2D eigenvalue weighted by Gasteiger charge is 2.61. The summed E-state index contributed by atoms with van der Waals surface area (Å²) in [6.45, 7) is 1.69. The molecule has 2 unspecified atom stereocenters. The number of carbonyl (C=O) groups excluding carboxylic acids is 4. The van der Waals surface area contributed by atoms with Crippen LogP contribution in [0.2, 0.25) is 0 Å². The normalized spacial score (nSPS) is 19.6. The van der Waals surface area contributed by atoms with Gasteiger partial charge in [0.05, 0.1) is 17.7 Å². The first kappa shape index (κ1) is 27.3. The van der Waals surface area contributed by atoms with Gasteiger partial charge >= 0.3 is 12.1 Å². The molecule has 12 nitrogen and oxygen atoms in total. The lowest BCUT2D eigenvalue weighted by molar-refractivity contribution is -0.606. The summed E-state index contributed by atoms with van der Waals surface area (Å²) < 4.78 is 10.9. The minimum atomic E-state index is -1.77. The maximum absolute atomic E-state index is 13.2. The number of hydrogen-bond donors (Lipinski definition) is 2. The van der Waals surface area contributed by atoms with Crippen LogP contribution in [-0.4, -0.2) is 77.8 Å². The van der Waals surface area contributed by atoms with Gasteiger partial charge in [0.1, 0.15) is 19.7 Å². The number of aliphatic hydroxyl groups is 1. The van der Waals surface area contributed by atoms with Crippen molar-refractivity contribution in [2.45, 2.75) is 18.8 Å². The van der Waals surface area contributed by atoms with E-state index >= 15 is 0 Å². The molecule has 1 spiro atoms. The summed E-state index contributed by atoms with van der Waals surface area (Å²) in [5.41, 5.74) is 2.72. The molecule has 3 heterocycles. The summed E-state index contributed by atoms with van der Waals surface area (Å²) in [5, 5.41) is 17.2.